The molecule has 0 aliphatic carbocycles. The number of ether oxygens (including phenoxy) is 2. The van der Waals surface area contributed by atoms with E-state index in [4.69, 9.17) is 4.74 Å². The van der Waals surface area contributed by atoms with Gasteiger partial charge in [-0.25, -0.2) is 9.59 Å². The first-order chi connectivity index (χ1) is 14.7. The molecule has 2 aromatic rings. The maximum absolute atomic E-state index is 13.0. The maximum Gasteiger partial charge on any atom is 0.337 e. The lowest BCUT2D eigenvalue weighted by atomic mass is 9.92. The Morgan fingerprint density at radius 2 is 1.77 bits per heavy atom. The van der Waals surface area contributed by atoms with E-state index in [0.29, 0.717) is 22.6 Å². The second-order valence-electron chi connectivity index (χ2n) is 7.24. The molecule has 9 heteroatoms. The molecule has 1 aliphatic rings. The van der Waals surface area contributed by atoms with Crippen molar-refractivity contribution < 1.29 is 28.7 Å². The zero-order chi connectivity index (χ0) is 22.8. The monoisotopic (exact) mass is 425 g/mol. The Bertz CT molecular complexity index is 1050. The Morgan fingerprint density at radius 1 is 1.10 bits per heavy atom. The Balaban J connectivity index is 1.75. The number of nitrogens with zero attached hydrogens (tertiary/aromatic N) is 1. The zero-order valence-corrected chi connectivity index (χ0v) is 17.6. The molecule has 0 radical (unpaired) electrons. The smallest absolute Gasteiger partial charge is 0.337 e. The molecule has 1 saturated heterocycles. The van der Waals surface area contributed by atoms with Gasteiger partial charge in [-0.1, -0.05) is 18.2 Å². The predicted molar refractivity (Wildman–Crippen MR) is 112 cm³/mol. The van der Waals surface area contributed by atoms with Crippen LogP contribution in [0.5, 0.6) is 5.75 Å². The van der Waals surface area contributed by atoms with Gasteiger partial charge in [0.1, 0.15) is 17.8 Å². The Labute approximate surface area is 179 Å². The van der Waals surface area contributed by atoms with Crippen LogP contribution in [0.2, 0.25) is 0 Å². The summed E-state index contributed by atoms with van der Waals surface area (Å²) in [7, 11) is 2.79. The van der Waals surface area contributed by atoms with Crippen molar-refractivity contribution >= 4 is 29.5 Å². The van der Waals surface area contributed by atoms with Gasteiger partial charge in [0.15, 0.2) is 0 Å². The number of imide groups is 1. The molecule has 1 atom stereocenters. The Hall–Kier alpha value is -3.88. The van der Waals surface area contributed by atoms with Crippen molar-refractivity contribution in [1.82, 2.24) is 10.2 Å². The minimum Gasteiger partial charge on any atom is -0.497 e. The molecular weight excluding hydrogens is 402 g/mol. The van der Waals surface area contributed by atoms with Gasteiger partial charge in [0.2, 0.25) is 5.91 Å². The van der Waals surface area contributed by atoms with Crippen molar-refractivity contribution in [1.29, 1.82) is 0 Å². The summed E-state index contributed by atoms with van der Waals surface area (Å²) >= 11 is 0. The van der Waals surface area contributed by atoms with Gasteiger partial charge in [0.25, 0.3) is 5.91 Å². The van der Waals surface area contributed by atoms with Crippen molar-refractivity contribution in [2.45, 2.75) is 19.4 Å². The molecule has 31 heavy (non-hydrogen) atoms. The number of rotatable bonds is 6. The highest BCUT2D eigenvalue weighted by molar-refractivity contribution is 6.10. The number of benzene rings is 2. The predicted octanol–water partition coefficient (Wildman–Crippen LogP) is 2.20. The average molecular weight is 425 g/mol. The third-order valence-electron chi connectivity index (χ3n) is 5.18. The summed E-state index contributed by atoms with van der Waals surface area (Å²) in [5.74, 6) is -1.05. The molecule has 0 saturated carbocycles. The molecule has 1 heterocycles. The van der Waals surface area contributed by atoms with Crippen LogP contribution < -0.4 is 15.4 Å². The summed E-state index contributed by atoms with van der Waals surface area (Å²) in [4.78, 5) is 50.6. The third kappa shape index (κ3) is 4.20. The minimum absolute atomic E-state index is 0.269. The van der Waals surface area contributed by atoms with E-state index < -0.39 is 35.9 Å². The molecule has 3 rings (SSSR count). The number of aryl methyl sites for hydroxylation is 1. The number of carbonyl (C=O) groups excluding carboxylic acids is 4. The topological polar surface area (TPSA) is 114 Å². The van der Waals surface area contributed by atoms with Crippen LogP contribution in [-0.2, 0) is 19.9 Å². The highest BCUT2D eigenvalue weighted by atomic mass is 16.5. The van der Waals surface area contributed by atoms with E-state index in [1.54, 1.807) is 50.2 Å². The van der Waals surface area contributed by atoms with Crippen LogP contribution in [0.15, 0.2) is 42.5 Å². The van der Waals surface area contributed by atoms with E-state index in [9.17, 15) is 19.2 Å². The molecule has 0 bridgehead atoms. The number of urea groups is 1. The molecule has 9 nitrogen and oxygen atoms in total. The first-order valence-corrected chi connectivity index (χ1v) is 9.47. The van der Waals surface area contributed by atoms with Gasteiger partial charge in [0.05, 0.1) is 19.8 Å². The van der Waals surface area contributed by atoms with Crippen LogP contribution in [0.3, 0.4) is 0 Å². The van der Waals surface area contributed by atoms with Gasteiger partial charge in [-0.05, 0) is 49.2 Å². The number of amides is 4. The Kier molecular flexibility index (Phi) is 5.96. The molecule has 4 amide bonds. The number of carbonyl (C=O) groups is 4. The molecule has 1 unspecified atom stereocenters. The quantitative estimate of drug-likeness (QED) is 0.542. The van der Waals surface area contributed by atoms with Crippen LogP contribution in [0.4, 0.5) is 10.5 Å². The second-order valence-corrected chi connectivity index (χ2v) is 7.24. The van der Waals surface area contributed by atoms with E-state index in [1.165, 1.54) is 20.3 Å². The number of hydrogen-bond acceptors (Lipinski definition) is 6. The van der Waals surface area contributed by atoms with Crippen molar-refractivity contribution in [2.75, 3.05) is 26.1 Å². The van der Waals surface area contributed by atoms with Crippen molar-refractivity contribution in [3.05, 3.63) is 59.2 Å². The van der Waals surface area contributed by atoms with Gasteiger partial charge in [0, 0.05) is 5.69 Å². The van der Waals surface area contributed by atoms with Crippen molar-refractivity contribution in [2.24, 2.45) is 0 Å². The van der Waals surface area contributed by atoms with Gasteiger partial charge in [-0.15, -0.1) is 0 Å². The fraction of sp³-hybridized carbons (Fsp3) is 0.273. The van der Waals surface area contributed by atoms with E-state index in [1.807, 2.05) is 0 Å². The van der Waals surface area contributed by atoms with Crippen LogP contribution >= 0.6 is 0 Å². The highest BCUT2D eigenvalue weighted by Crippen LogP contribution is 2.30. The summed E-state index contributed by atoms with van der Waals surface area (Å²) in [5.41, 5.74) is 0.630. The summed E-state index contributed by atoms with van der Waals surface area (Å²) in [5, 5.41) is 5.29. The maximum atomic E-state index is 13.0. The van der Waals surface area contributed by atoms with Crippen molar-refractivity contribution in [3.8, 4) is 5.75 Å². The number of anilines is 1. The van der Waals surface area contributed by atoms with E-state index in [2.05, 4.69) is 15.4 Å². The lowest BCUT2D eigenvalue weighted by molar-refractivity contribution is -0.133. The number of nitrogens with one attached hydrogen (secondary N) is 2. The van der Waals surface area contributed by atoms with Gasteiger partial charge < -0.3 is 20.1 Å². The molecule has 0 aromatic heterocycles. The molecular formula is C22H23N3O6. The molecule has 2 aromatic carbocycles. The van der Waals surface area contributed by atoms with Crippen LogP contribution in [-0.4, -0.2) is 49.5 Å². The van der Waals surface area contributed by atoms with E-state index >= 15 is 0 Å². The van der Waals surface area contributed by atoms with E-state index in [-0.39, 0.29) is 5.56 Å². The zero-order valence-electron chi connectivity index (χ0n) is 17.6. The first-order valence-electron chi connectivity index (χ1n) is 9.47. The van der Waals surface area contributed by atoms with Gasteiger partial charge >= 0.3 is 12.0 Å². The van der Waals surface area contributed by atoms with Crippen LogP contribution in [0, 0.1) is 6.92 Å². The minimum atomic E-state index is -1.30. The van der Waals surface area contributed by atoms with Crippen LogP contribution in [0.25, 0.3) is 0 Å². The molecule has 1 fully saturated rings. The van der Waals surface area contributed by atoms with Crippen molar-refractivity contribution in [3.63, 3.8) is 0 Å². The summed E-state index contributed by atoms with van der Waals surface area (Å²) in [6, 6.07) is 10.8. The SMILES string of the molecule is COC(=O)c1ccc(C)c(NC(=O)CN2C(=O)NC(C)(c3ccc(OC)cc3)C2=O)c1. The second kappa shape index (κ2) is 8.47. The third-order valence-corrected chi connectivity index (χ3v) is 5.18. The largest absolute Gasteiger partial charge is 0.497 e. The first kappa shape index (κ1) is 21.8. The Morgan fingerprint density at radius 3 is 2.39 bits per heavy atom. The summed E-state index contributed by atoms with van der Waals surface area (Å²) in [6.07, 6.45) is 0. The molecule has 1 aliphatic heterocycles. The van der Waals surface area contributed by atoms with Gasteiger partial charge in [-0.2, -0.15) is 0 Å². The molecule has 2 N–H and O–H groups in total. The van der Waals surface area contributed by atoms with E-state index in [0.717, 1.165) is 4.90 Å². The normalized spacial score (nSPS) is 17.9. The summed E-state index contributed by atoms with van der Waals surface area (Å²) in [6.45, 7) is 2.86. The highest BCUT2D eigenvalue weighted by Gasteiger charge is 2.49. The average Bonchev–Trinajstić information content (AvgIpc) is 2.98. The lowest BCUT2D eigenvalue weighted by Gasteiger charge is -2.22. The lowest BCUT2D eigenvalue weighted by Crippen LogP contribution is -2.42. The van der Waals surface area contributed by atoms with Gasteiger partial charge in [-0.3, -0.25) is 14.5 Å². The molecule has 162 valence electrons. The number of esters is 1. The standard InChI is InChI=1S/C22H23N3O6/c1-13-5-6-14(19(27)31-4)11-17(13)23-18(26)12-25-20(28)22(2,24-21(25)29)15-7-9-16(30-3)10-8-15/h5-11H,12H2,1-4H3,(H,23,26)(H,24,29). The fourth-order valence-electron chi connectivity index (χ4n) is 3.30. The molecule has 0 spiro atoms. The number of hydrogen-bond donors (Lipinski definition) is 2. The van der Waals surface area contributed by atoms with Crippen LogP contribution in [0.1, 0.15) is 28.4 Å². The fourth-order valence-corrected chi connectivity index (χ4v) is 3.30. The summed E-state index contributed by atoms with van der Waals surface area (Å²) < 4.78 is 9.80. The number of methoxy groups -OCH3 is 2.